The highest BCUT2D eigenvalue weighted by Gasteiger charge is 2.30. The van der Waals surface area contributed by atoms with Crippen molar-refractivity contribution in [2.45, 2.75) is 51.6 Å². The summed E-state index contributed by atoms with van der Waals surface area (Å²) in [5, 5.41) is 3.70. The Morgan fingerprint density at radius 1 is 0.973 bits per heavy atom. The van der Waals surface area contributed by atoms with Gasteiger partial charge in [0, 0.05) is 35.4 Å². The molecule has 0 aliphatic rings. The minimum Gasteiger partial charge on any atom is -0.494 e. The van der Waals surface area contributed by atoms with Crippen molar-refractivity contribution < 1.29 is 14.3 Å². The zero-order chi connectivity index (χ0) is 26.5. The highest BCUT2D eigenvalue weighted by Crippen LogP contribution is 2.20. The molecule has 0 radical (unpaired) electrons. The molecule has 37 heavy (non-hydrogen) atoms. The van der Waals surface area contributed by atoms with Crippen LogP contribution in [0.4, 0.5) is 0 Å². The zero-order valence-corrected chi connectivity index (χ0v) is 23.5. The number of halogens is 2. The van der Waals surface area contributed by atoms with Gasteiger partial charge in [0.15, 0.2) is 0 Å². The molecule has 0 aromatic heterocycles. The van der Waals surface area contributed by atoms with E-state index >= 15 is 0 Å². The number of rotatable bonds is 14. The quantitative estimate of drug-likeness (QED) is 0.211. The number of unbranched alkanes of at least 4 members (excludes halogenated alkanes) is 1. The molecule has 0 heterocycles. The second-order valence-corrected chi connectivity index (χ2v) is 10.3. The van der Waals surface area contributed by atoms with Crippen molar-refractivity contribution in [3.8, 4) is 5.75 Å². The van der Waals surface area contributed by atoms with Gasteiger partial charge in [-0.3, -0.25) is 9.59 Å². The fourth-order valence-electron chi connectivity index (χ4n) is 3.98. The summed E-state index contributed by atoms with van der Waals surface area (Å²) in [5.74, 6) is 0.504. The molecule has 2 amide bonds. The second-order valence-electron chi connectivity index (χ2n) is 8.91. The molecule has 1 atom stereocenters. The maximum atomic E-state index is 13.6. The SMILES string of the molecule is CCCCNC(=O)[C@H](Cc1ccccc1)N(Cc1cccc(Br)c1)C(=O)CCCOc1ccc(Cl)cc1. The van der Waals surface area contributed by atoms with E-state index in [9.17, 15) is 9.59 Å². The number of ether oxygens (including phenoxy) is 1. The molecule has 0 aliphatic heterocycles. The number of nitrogens with one attached hydrogen (secondary N) is 1. The highest BCUT2D eigenvalue weighted by atomic mass is 79.9. The number of nitrogens with zero attached hydrogens (tertiary/aromatic N) is 1. The lowest BCUT2D eigenvalue weighted by molar-refractivity contribution is -0.141. The van der Waals surface area contributed by atoms with Crippen LogP contribution in [0.2, 0.25) is 5.02 Å². The average Bonchev–Trinajstić information content (AvgIpc) is 2.90. The van der Waals surface area contributed by atoms with Gasteiger partial charge in [-0.05, 0) is 60.4 Å². The van der Waals surface area contributed by atoms with Gasteiger partial charge < -0.3 is 15.0 Å². The van der Waals surface area contributed by atoms with Crippen LogP contribution in [0.25, 0.3) is 0 Å². The third-order valence-corrected chi connectivity index (χ3v) is 6.71. The van der Waals surface area contributed by atoms with E-state index in [1.54, 1.807) is 29.2 Å². The molecule has 0 saturated heterocycles. The third-order valence-electron chi connectivity index (χ3n) is 5.96. The first-order valence-electron chi connectivity index (χ1n) is 12.7. The van der Waals surface area contributed by atoms with Crippen LogP contribution >= 0.6 is 27.5 Å². The molecule has 5 nitrogen and oxygen atoms in total. The lowest BCUT2D eigenvalue weighted by Crippen LogP contribution is -2.50. The molecule has 196 valence electrons. The summed E-state index contributed by atoms with van der Waals surface area (Å²) in [6, 6.07) is 24.2. The molecule has 0 unspecified atom stereocenters. The van der Waals surface area contributed by atoms with Crippen LogP contribution in [0.3, 0.4) is 0 Å². The van der Waals surface area contributed by atoms with Crippen molar-refractivity contribution >= 4 is 39.3 Å². The Morgan fingerprint density at radius 2 is 1.70 bits per heavy atom. The van der Waals surface area contributed by atoms with Gasteiger partial charge in [-0.25, -0.2) is 0 Å². The van der Waals surface area contributed by atoms with Crippen LogP contribution in [0, 0.1) is 0 Å². The summed E-state index contributed by atoms with van der Waals surface area (Å²) in [7, 11) is 0. The standard InChI is InChI=1S/C30H34BrClN2O3/c1-2-3-18-33-30(36)28(21-23-9-5-4-6-10-23)34(22-24-11-7-12-25(31)20-24)29(35)13-8-19-37-27-16-14-26(32)15-17-27/h4-7,9-12,14-17,20,28H,2-3,8,13,18-19,21-22H2,1H3,(H,33,36)/t28-/m0/s1. The van der Waals surface area contributed by atoms with Crippen molar-refractivity contribution in [2.24, 2.45) is 0 Å². The second kappa shape index (κ2) is 15.4. The number of hydrogen-bond acceptors (Lipinski definition) is 3. The smallest absolute Gasteiger partial charge is 0.243 e. The van der Waals surface area contributed by atoms with E-state index < -0.39 is 6.04 Å². The summed E-state index contributed by atoms with van der Waals surface area (Å²) >= 11 is 9.46. The van der Waals surface area contributed by atoms with E-state index in [0.717, 1.165) is 28.4 Å². The monoisotopic (exact) mass is 584 g/mol. The minimum absolute atomic E-state index is 0.0775. The first-order valence-corrected chi connectivity index (χ1v) is 13.9. The summed E-state index contributed by atoms with van der Waals surface area (Å²) < 4.78 is 6.71. The van der Waals surface area contributed by atoms with E-state index in [1.807, 2.05) is 54.6 Å². The largest absolute Gasteiger partial charge is 0.494 e. The van der Waals surface area contributed by atoms with Crippen LogP contribution in [0.15, 0.2) is 83.3 Å². The van der Waals surface area contributed by atoms with Crippen molar-refractivity contribution in [3.05, 3.63) is 99.5 Å². The molecule has 3 aromatic rings. The molecule has 3 rings (SSSR count). The Morgan fingerprint density at radius 3 is 2.41 bits per heavy atom. The van der Waals surface area contributed by atoms with E-state index in [4.69, 9.17) is 16.3 Å². The molecule has 7 heteroatoms. The number of amides is 2. The van der Waals surface area contributed by atoms with Gasteiger partial charge in [0.2, 0.25) is 11.8 Å². The molecular formula is C30H34BrClN2O3. The Labute approximate surface area is 233 Å². The van der Waals surface area contributed by atoms with Crippen molar-refractivity contribution in [1.29, 1.82) is 0 Å². The van der Waals surface area contributed by atoms with E-state index in [1.165, 1.54) is 0 Å². The van der Waals surface area contributed by atoms with Gasteiger partial charge in [-0.15, -0.1) is 0 Å². The van der Waals surface area contributed by atoms with Gasteiger partial charge in [0.1, 0.15) is 11.8 Å². The molecule has 3 aromatic carbocycles. The molecule has 1 N–H and O–H groups in total. The average molecular weight is 586 g/mol. The van der Waals surface area contributed by atoms with Gasteiger partial charge in [-0.2, -0.15) is 0 Å². The normalized spacial score (nSPS) is 11.5. The molecule has 0 aliphatic carbocycles. The lowest BCUT2D eigenvalue weighted by atomic mass is 10.0. The number of benzene rings is 3. The maximum absolute atomic E-state index is 13.6. The summed E-state index contributed by atoms with van der Waals surface area (Å²) in [5.41, 5.74) is 1.97. The van der Waals surface area contributed by atoms with Gasteiger partial charge in [0.25, 0.3) is 0 Å². The van der Waals surface area contributed by atoms with Gasteiger partial charge >= 0.3 is 0 Å². The Hall–Kier alpha value is -2.83. The van der Waals surface area contributed by atoms with Crippen molar-refractivity contribution in [3.63, 3.8) is 0 Å². The van der Waals surface area contributed by atoms with Crippen LogP contribution < -0.4 is 10.1 Å². The Balaban J connectivity index is 1.77. The molecular weight excluding hydrogens is 552 g/mol. The lowest BCUT2D eigenvalue weighted by Gasteiger charge is -2.31. The van der Waals surface area contributed by atoms with Crippen LogP contribution in [0.5, 0.6) is 5.75 Å². The van der Waals surface area contributed by atoms with Crippen LogP contribution in [0.1, 0.15) is 43.7 Å². The van der Waals surface area contributed by atoms with Crippen molar-refractivity contribution in [1.82, 2.24) is 10.2 Å². The summed E-state index contributed by atoms with van der Waals surface area (Å²) in [6.45, 7) is 3.41. The fraction of sp³-hybridized carbons (Fsp3) is 0.333. The van der Waals surface area contributed by atoms with Gasteiger partial charge in [-0.1, -0.05) is 83.3 Å². The van der Waals surface area contributed by atoms with Crippen LogP contribution in [-0.4, -0.2) is 35.9 Å². The zero-order valence-electron chi connectivity index (χ0n) is 21.2. The molecule has 0 fully saturated rings. The predicted molar refractivity (Wildman–Crippen MR) is 153 cm³/mol. The van der Waals surface area contributed by atoms with E-state index in [2.05, 4.69) is 28.2 Å². The van der Waals surface area contributed by atoms with E-state index in [-0.39, 0.29) is 18.2 Å². The fourth-order valence-corrected chi connectivity index (χ4v) is 4.55. The van der Waals surface area contributed by atoms with E-state index in [0.29, 0.717) is 43.3 Å². The first-order chi connectivity index (χ1) is 18.0. The minimum atomic E-state index is -0.622. The van der Waals surface area contributed by atoms with Crippen LogP contribution in [-0.2, 0) is 22.6 Å². The number of carbonyl (C=O) groups excluding carboxylic acids is 2. The number of carbonyl (C=O) groups is 2. The summed E-state index contributed by atoms with van der Waals surface area (Å²) in [6.07, 6.45) is 3.13. The Kier molecular flexibility index (Phi) is 12.0. The molecule has 0 spiro atoms. The maximum Gasteiger partial charge on any atom is 0.243 e. The first kappa shape index (κ1) is 28.7. The molecule has 0 saturated carbocycles. The third kappa shape index (κ3) is 9.86. The number of hydrogen-bond donors (Lipinski definition) is 1. The summed E-state index contributed by atoms with van der Waals surface area (Å²) in [4.78, 5) is 28.8. The Bertz CT molecular complexity index is 1130. The van der Waals surface area contributed by atoms with Gasteiger partial charge in [0.05, 0.1) is 6.61 Å². The van der Waals surface area contributed by atoms with Crippen molar-refractivity contribution in [2.75, 3.05) is 13.2 Å². The predicted octanol–water partition coefficient (Wildman–Crippen LogP) is 6.82. The molecule has 0 bridgehead atoms. The highest BCUT2D eigenvalue weighted by molar-refractivity contribution is 9.10. The topological polar surface area (TPSA) is 58.6 Å².